The van der Waals surface area contributed by atoms with Crippen LogP contribution in [0, 0.1) is 5.82 Å². The van der Waals surface area contributed by atoms with Crippen molar-refractivity contribution in [2.75, 3.05) is 13.1 Å². The highest BCUT2D eigenvalue weighted by Gasteiger charge is 2.30. The first-order valence-corrected chi connectivity index (χ1v) is 9.83. The highest BCUT2D eigenvalue weighted by Crippen LogP contribution is 2.31. The van der Waals surface area contributed by atoms with Crippen molar-refractivity contribution in [2.45, 2.75) is 37.8 Å². The Labute approximate surface area is 164 Å². The monoisotopic (exact) mass is 380 g/mol. The zero-order chi connectivity index (χ0) is 19.3. The molecule has 5 nitrogen and oxygen atoms in total. The Balaban J connectivity index is 1.36. The van der Waals surface area contributed by atoms with E-state index in [1.54, 1.807) is 12.1 Å². The topological polar surface area (TPSA) is 68.2 Å². The van der Waals surface area contributed by atoms with Crippen molar-refractivity contribution in [1.82, 2.24) is 15.0 Å². The van der Waals surface area contributed by atoms with Crippen LogP contribution in [0.15, 0.2) is 59.1 Å². The fraction of sp³-hybridized carbons (Fsp3) is 0.364. The summed E-state index contributed by atoms with van der Waals surface area (Å²) in [6.45, 7) is 1.84. The maximum atomic E-state index is 13.8. The molecule has 4 rings (SSSR count). The predicted molar refractivity (Wildman–Crippen MR) is 106 cm³/mol. The molecule has 3 aromatic rings. The molecule has 1 aliphatic rings. The van der Waals surface area contributed by atoms with E-state index in [4.69, 9.17) is 10.3 Å². The quantitative estimate of drug-likeness (QED) is 0.672. The molecule has 0 saturated carbocycles. The second-order valence-corrected chi connectivity index (χ2v) is 7.36. The first kappa shape index (κ1) is 18.8. The van der Waals surface area contributed by atoms with Crippen molar-refractivity contribution < 1.29 is 8.91 Å². The van der Waals surface area contributed by atoms with Gasteiger partial charge in [0, 0.05) is 18.2 Å². The first-order valence-electron chi connectivity index (χ1n) is 9.83. The molecule has 0 aliphatic carbocycles. The summed E-state index contributed by atoms with van der Waals surface area (Å²) in [5.74, 6) is 1.11. The average Bonchev–Trinajstić information content (AvgIpc) is 3.38. The normalized spacial score (nSPS) is 18.4. The van der Waals surface area contributed by atoms with Crippen molar-refractivity contribution >= 4 is 0 Å². The Hall–Kier alpha value is -2.57. The van der Waals surface area contributed by atoms with E-state index in [1.165, 1.54) is 6.07 Å². The van der Waals surface area contributed by atoms with Gasteiger partial charge in [0.2, 0.25) is 0 Å². The second-order valence-electron chi connectivity index (χ2n) is 7.36. The molecule has 2 atom stereocenters. The molecular formula is C22H25FN4O. The van der Waals surface area contributed by atoms with E-state index in [2.05, 4.69) is 15.0 Å². The molecule has 2 aromatic carbocycles. The van der Waals surface area contributed by atoms with Gasteiger partial charge >= 0.3 is 0 Å². The van der Waals surface area contributed by atoms with Gasteiger partial charge in [-0.25, -0.2) is 4.39 Å². The fourth-order valence-electron chi connectivity index (χ4n) is 3.83. The predicted octanol–water partition coefficient (Wildman–Crippen LogP) is 3.97. The molecule has 1 saturated heterocycles. The van der Waals surface area contributed by atoms with Crippen molar-refractivity contribution in [1.29, 1.82) is 0 Å². The highest BCUT2D eigenvalue weighted by atomic mass is 19.1. The van der Waals surface area contributed by atoms with Gasteiger partial charge in [-0.2, -0.15) is 4.98 Å². The molecule has 0 radical (unpaired) electrons. The maximum Gasteiger partial charge on any atom is 0.257 e. The van der Waals surface area contributed by atoms with Crippen LogP contribution in [0.5, 0.6) is 0 Å². The second kappa shape index (κ2) is 8.63. The third-order valence-electron chi connectivity index (χ3n) is 5.35. The number of likely N-dealkylation sites (tertiary alicyclic amines) is 1. The summed E-state index contributed by atoms with van der Waals surface area (Å²) in [7, 11) is 0. The van der Waals surface area contributed by atoms with Crippen LogP contribution in [-0.4, -0.2) is 34.2 Å². The van der Waals surface area contributed by atoms with E-state index in [-0.39, 0.29) is 17.9 Å². The minimum Gasteiger partial charge on any atom is -0.334 e. The van der Waals surface area contributed by atoms with E-state index >= 15 is 0 Å². The summed E-state index contributed by atoms with van der Waals surface area (Å²) in [5.41, 5.74) is 7.88. The van der Waals surface area contributed by atoms with Crippen LogP contribution in [0.25, 0.3) is 11.5 Å². The summed E-state index contributed by atoms with van der Waals surface area (Å²) in [6, 6.07) is 16.7. The maximum absolute atomic E-state index is 13.8. The minimum atomic E-state index is -0.183. The SMILES string of the molecule is N[C@@H](CCN1CCC[C@H]1c1noc(-c2ccccc2)n1)Cc1ccccc1F. The smallest absolute Gasteiger partial charge is 0.257 e. The molecule has 0 amide bonds. The van der Waals surface area contributed by atoms with E-state index in [1.807, 2.05) is 36.4 Å². The Bertz CT molecular complexity index is 898. The summed E-state index contributed by atoms with van der Waals surface area (Å²) < 4.78 is 19.3. The van der Waals surface area contributed by atoms with Crippen molar-refractivity contribution in [2.24, 2.45) is 5.73 Å². The minimum absolute atomic E-state index is 0.0803. The Kier molecular flexibility index (Phi) is 5.78. The Morgan fingerprint density at radius 2 is 1.93 bits per heavy atom. The average molecular weight is 380 g/mol. The number of benzene rings is 2. The summed E-state index contributed by atoms with van der Waals surface area (Å²) in [4.78, 5) is 6.98. The molecule has 0 spiro atoms. The lowest BCUT2D eigenvalue weighted by molar-refractivity contribution is 0.233. The number of hydrogen-bond acceptors (Lipinski definition) is 5. The van der Waals surface area contributed by atoms with Crippen LogP contribution in [0.1, 0.15) is 36.7 Å². The van der Waals surface area contributed by atoms with Gasteiger partial charge in [0.25, 0.3) is 5.89 Å². The van der Waals surface area contributed by atoms with Crippen molar-refractivity contribution in [3.05, 3.63) is 71.8 Å². The van der Waals surface area contributed by atoms with Gasteiger partial charge in [0.15, 0.2) is 5.82 Å². The summed E-state index contributed by atoms with van der Waals surface area (Å²) in [6.07, 6.45) is 3.46. The standard InChI is InChI=1S/C22H25FN4O/c23-19-10-5-4-9-17(19)15-18(24)12-14-27-13-6-11-20(27)21-25-22(28-26-21)16-7-2-1-3-8-16/h1-5,7-10,18,20H,6,11-15,24H2/t18-,20-/m0/s1. The molecule has 0 bridgehead atoms. The molecule has 0 unspecified atom stereocenters. The summed E-state index contributed by atoms with van der Waals surface area (Å²) >= 11 is 0. The lowest BCUT2D eigenvalue weighted by atomic mass is 10.0. The lowest BCUT2D eigenvalue weighted by Crippen LogP contribution is -2.32. The molecule has 1 aromatic heterocycles. The zero-order valence-electron chi connectivity index (χ0n) is 15.8. The number of nitrogens with zero attached hydrogens (tertiary/aromatic N) is 3. The molecular weight excluding hydrogens is 355 g/mol. The van der Waals surface area contributed by atoms with Gasteiger partial charge < -0.3 is 10.3 Å². The number of rotatable bonds is 7. The van der Waals surface area contributed by atoms with Crippen LogP contribution in [0.3, 0.4) is 0 Å². The van der Waals surface area contributed by atoms with E-state index in [9.17, 15) is 4.39 Å². The molecule has 6 heteroatoms. The third-order valence-corrected chi connectivity index (χ3v) is 5.35. The highest BCUT2D eigenvalue weighted by molar-refractivity contribution is 5.52. The number of halogens is 1. The van der Waals surface area contributed by atoms with Gasteiger partial charge in [-0.3, -0.25) is 4.90 Å². The van der Waals surface area contributed by atoms with Crippen molar-refractivity contribution in [3.63, 3.8) is 0 Å². The number of hydrogen-bond donors (Lipinski definition) is 1. The van der Waals surface area contributed by atoms with Gasteiger partial charge in [-0.05, 0) is 56.0 Å². The molecule has 28 heavy (non-hydrogen) atoms. The van der Waals surface area contributed by atoms with Crippen LogP contribution < -0.4 is 5.73 Å². The Morgan fingerprint density at radius 3 is 2.75 bits per heavy atom. The van der Waals surface area contributed by atoms with Gasteiger partial charge in [0.05, 0.1) is 6.04 Å². The van der Waals surface area contributed by atoms with Crippen molar-refractivity contribution in [3.8, 4) is 11.5 Å². The van der Waals surface area contributed by atoms with E-state index < -0.39 is 0 Å². The first-order chi connectivity index (χ1) is 13.7. The molecule has 1 fully saturated rings. The Morgan fingerprint density at radius 1 is 1.14 bits per heavy atom. The van der Waals surface area contributed by atoms with Gasteiger partial charge in [0.1, 0.15) is 5.82 Å². The number of aromatic nitrogens is 2. The van der Waals surface area contributed by atoms with Crippen LogP contribution in [-0.2, 0) is 6.42 Å². The van der Waals surface area contributed by atoms with E-state index in [0.29, 0.717) is 17.9 Å². The number of nitrogens with two attached hydrogens (primary N) is 1. The van der Waals surface area contributed by atoms with Crippen LogP contribution in [0.4, 0.5) is 4.39 Å². The summed E-state index contributed by atoms with van der Waals surface area (Å²) in [5, 5.41) is 4.22. The molecule has 2 heterocycles. The zero-order valence-corrected chi connectivity index (χ0v) is 15.8. The van der Waals surface area contributed by atoms with Gasteiger partial charge in [-0.15, -0.1) is 0 Å². The molecule has 146 valence electrons. The van der Waals surface area contributed by atoms with E-state index in [0.717, 1.165) is 43.7 Å². The molecule has 2 N–H and O–H groups in total. The van der Waals surface area contributed by atoms with Crippen LogP contribution in [0.2, 0.25) is 0 Å². The molecule has 1 aliphatic heterocycles. The lowest BCUT2D eigenvalue weighted by Gasteiger charge is -2.23. The van der Waals surface area contributed by atoms with Gasteiger partial charge in [-0.1, -0.05) is 41.6 Å². The van der Waals surface area contributed by atoms with Crippen LogP contribution >= 0.6 is 0 Å². The largest absolute Gasteiger partial charge is 0.334 e. The third kappa shape index (κ3) is 4.29. The fourth-order valence-corrected chi connectivity index (χ4v) is 3.83.